The van der Waals surface area contributed by atoms with Crippen molar-refractivity contribution in [2.45, 2.75) is 31.9 Å². The Kier molecular flexibility index (Phi) is 3.31. The molecule has 1 aliphatic heterocycles. The number of β-amino-alcohol motifs (C(OH)–C–C–N with tert-alkyl or cyclic N) is 1. The van der Waals surface area contributed by atoms with Gasteiger partial charge in [-0.15, -0.1) is 0 Å². The maximum Gasteiger partial charge on any atom is 0.261 e. The van der Waals surface area contributed by atoms with Gasteiger partial charge in [0.05, 0.1) is 29.4 Å². The Morgan fingerprint density at radius 1 is 1.50 bits per heavy atom. The van der Waals surface area contributed by atoms with Gasteiger partial charge in [-0.2, -0.15) is 0 Å². The number of fused-ring (bicyclic) bond motifs is 1. The van der Waals surface area contributed by atoms with Crippen LogP contribution in [-0.2, 0) is 6.54 Å². The highest BCUT2D eigenvalue weighted by Crippen LogP contribution is 2.18. The standard InChI is InChI=1S/C15H19N3O2/c1-11-4-2-5-12-13(11)14(19)18(10-17-12)9-15(20)6-3-7-16-8-15/h2,4-5,10,16,20H,3,6-9H2,1H3. The number of hydrogen-bond donors (Lipinski definition) is 2. The first kappa shape index (κ1) is 13.3. The zero-order valence-corrected chi connectivity index (χ0v) is 11.6. The van der Waals surface area contributed by atoms with Crippen molar-refractivity contribution in [3.8, 4) is 0 Å². The van der Waals surface area contributed by atoms with Crippen LogP contribution in [0.15, 0.2) is 29.3 Å². The Morgan fingerprint density at radius 2 is 2.35 bits per heavy atom. The lowest BCUT2D eigenvalue weighted by Crippen LogP contribution is -2.49. The first-order valence-corrected chi connectivity index (χ1v) is 6.97. The zero-order valence-electron chi connectivity index (χ0n) is 11.6. The van der Waals surface area contributed by atoms with Gasteiger partial charge in [0, 0.05) is 6.54 Å². The molecule has 0 amide bonds. The van der Waals surface area contributed by atoms with Crippen LogP contribution >= 0.6 is 0 Å². The topological polar surface area (TPSA) is 67.2 Å². The smallest absolute Gasteiger partial charge is 0.261 e. The Balaban J connectivity index is 2.02. The molecule has 3 rings (SSSR count). The van der Waals surface area contributed by atoms with Crippen molar-refractivity contribution in [1.29, 1.82) is 0 Å². The van der Waals surface area contributed by atoms with Crippen molar-refractivity contribution >= 4 is 10.9 Å². The number of aliphatic hydroxyl groups is 1. The summed E-state index contributed by atoms with van der Waals surface area (Å²) in [5, 5.41) is 14.4. The third-order valence-corrected chi connectivity index (χ3v) is 3.98. The first-order valence-electron chi connectivity index (χ1n) is 6.97. The van der Waals surface area contributed by atoms with E-state index in [-0.39, 0.29) is 12.1 Å². The summed E-state index contributed by atoms with van der Waals surface area (Å²) in [7, 11) is 0. The van der Waals surface area contributed by atoms with Gasteiger partial charge in [-0.05, 0) is 37.9 Å². The molecule has 1 atom stereocenters. The molecule has 1 aromatic heterocycles. The fourth-order valence-corrected chi connectivity index (χ4v) is 2.88. The van der Waals surface area contributed by atoms with Crippen LogP contribution < -0.4 is 10.9 Å². The molecule has 1 aliphatic rings. The predicted molar refractivity (Wildman–Crippen MR) is 77.8 cm³/mol. The Bertz CT molecular complexity index is 687. The van der Waals surface area contributed by atoms with Crippen LogP contribution in [0.4, 0.5) is 0 Å². The van der Waals surface area contributed by atoms with Crippen LogP contribution in [0.1, 0.15) is 18.4 Å². The summed E-state index contributed by atoms with van der Waals surface area (Å²) in [6, 6.07) is 5.64. The van der Waals surface area contributed by atoms with Gasteiger partial charge < -0.3 is 10.4 Å². The number of benzene rings is 1. The van der Waals surface area contributed by atoms with Gasteiger partial charge >= 0.3 is 0 Å². The highest BCUT2D eigenvalue weighted by atomic mass is 16.3. The molecule has 1 aromatic carbocycles. The lowest BCUT2D eigenvalue weighted by molar-refractivity contribution is -0.000249. The monoisotopic (exact) mass is 273 g/mol. The summed E-state index contributed by atoms with van der Waals surface area (Å²) in [6.45, 7) is 3.64. The van der Waals surface area contributed by atoms with Crippen molar-refractivity contribution < 1.29 is 5.11 Å². The minimum atomic E-state index is -0.861. The summed E-state index contributed by atoms with van der Waals surface area (Å²) in [5.74, 6) is 0. The molecule has 0 aliphatic carbocycles. The molecule has 2 aromatic rings. The number of nitrogens with zero attached hydrogens (tertiary/aromatic N) is 2. The van der Waals surface area contributed by atoms with Crippen LogP contribution in [-0.4, -0.2) is 33.3 Å². The van der Waals surface area contributed by atoms with Gasteiger partial charge in [-0.1, -0.05) is 12.1 Å². The van der Waals surface area contributed by atoms with E-state index in [1.54, 1.807) is 0 Å². The van der Waals surface area contributed by atoms with E-state index in [1.807, 2.05) is 25.1 Å². The molecule has 2 N–H and O–H groups in total. The highest BCUT2D eigenvalue weighted by Gasteiger charge is 2.30. The van der Waals surface area contributed by atoms with Gasteiger partial charge in [0.1, 0.15) is 0 Å². The normalized spacial score (nSPS) is 23.1. The molecule has 2 heterocycles. The number of hydrogen-bond acceptors (Lipinski definition) is 4. The lowest BCUT2D eigenvalue weighted by atomic mass is 9.94. The van der Waals surface area contributed by atoms with Gasteiger partial charge in [0.2, 0.25) is 0 Å². The summed E-state index contributed by atoms with van der Waals surface area (Å²) < 4.78 is 1.53. The van der Waals surface area contributed by atoms with E-state index >= 15 is 0 Å². The number of piperidine rings is 1. The van der Waals surface area contributed by atoms with Crippen molar-refractivity contribution in [3.05, 3.63) is 40.4 Å². The maximum atomic E-state index is 12.6. The minimum absolute atomic E-state index is 0.0768. The van der Waals surface area contributed by atoms with E-state index in [2.05, 4.69) is 10.3 Å². The molecule has 1 unspecified atom stereocenters. The molecule has 0 radical (unpaired) electrons. The van der Waals surface area contributed by atoms with E-state index in [0.717, 1.165) is 18.5 Å². The van der Waals surface area contributed by atoms with Crippen molar-refractivity contribution in [2.24, 2.45) is 0 Å². The van der Waals surface area contributed by atoms with Crippen molar-refractivity contribution in [3.63, 3.8) is 0 Å². The molecule has 20 heavy (non-hydrogen) atoms. The number of aryl methyl sites for hydroxylation is 1. The van der Waals surface area contributed by atoms with E-state index in [9.17, 15) is 9.90 Å². The van der Waals surface area contributed by atoms with Gasteiger partial charge in [-0.25, -0.2) is 4.98 Å². The van der Waals surface area contributed by atoms with Crippen molar-refractivity contribution in [2.75, 3.05) is 13.1 Å². The van der Waals surface area contributed by atoms with E-state index < -0.39 is 5.60 Å². The van der Waals surface area contributed by atoms with Crippen LogP contribution in [0, 0.1) is 6.92 Å². The Morgan fingerprint density at radius 3 is 3.10 bits per heavy atom. The van der Waals surface area contributed by atoms with Crippen LogP contribution in [0.5, 0.6) is 0 Å². The van der Waals surface area contributed by atoms with E-state index in [1.165, 1.54) is 10.9 Å². The number of nitrogens with one attached hydrogen (secondary N) is 1. The summed E-state index contributed by atoms with van der Waals surface area (Å²) in [4.78, 5) is 16.9. The van der Waals surface area contributed by atoms with Crippen LogP contribution in [0.3, 0.4) is 0 Å². The second-order valence-electron chi connectivity index (χ2n) is 5.65. The third-order valence-electron chi connectivity index (χ3n) is 3.98. The molecule has 1 fully saturated rings. The van der Waals surface area contributed by atoms with Crippen molar-refractivity contribution in [1.82, 2.24) is 14.9 Å². The van der Waals surface area contributed by atoms with E-state index in [4.69, 9.17) is 0 Å². The largest absolute Gasteiger partial charge is 0.387 e. The van der Waals surface area contributed by atoms with Gasteiger partial charge in [0.15, 0.2) is 0 Å². The maximum absolute atomic E-state index is 12.6. The van der Waals surface area contributed by atoms with Crippen LogP contribution in [0.25, 0.3) is 10.9 Å². The highest BCUT2D eigenvalue weighted by molar-refractivity contribution is 5.80. The molecule has 5 heteroatoms. The SMILES string of the molecule is Cc1cccc2ncn(CC3(O)CCCNC3)c(=O)c12. The molecule has 0 spiro atoms. The average molecular weight is 273 g/mol. The predicted octanol–water partition coefficient (Wildman–Crippen LogP) is 0.819. The molecule has 5 nitrogen and oxygen atoms in total. The Hall–Kier alpha value is -1.72. The van der Waals surface area contributed by atoms with Gasteiger partial charge in [-0.3, -0.25) is 9.36 Å². The fraction of sp³-hybridized carbons (Fsp3) is 0.467. The van der Waals surface area contributed by atoms with Gasteiger partial charge in [0.25, 0.3) is 5.56 Å². The molecule has 0 saturated carbocycles. The number of rotatable bonds is 2. The average Bonchev–Trinajstić information content (AvgIpc) is 2.43. The molecular formula is C15H19N3O2. The zero-order chi connectivity index (χ0) is 14.2. The molecule has 1 saturated heterocycles. The summed E-state index contributed by atoms with van der Waals surface area (Å²) >= 11 is 0. The Labute approximate surface area is 117 Å². The summed E-state index contributed by atoms with van der Waals surface area (Å²) in [6.07, 6.45) is 3.17. The fourth-order valence-electron chi connectivity index (χ4n) is 2.88. The quantitative estimate of drug-likeness (QED) is 0.850. The first-order chi connectivity index (χ1) is 9.59. The lowest BCUT2D eigenvalue weighted by Gasteiger charge is -2.33. The van der Waals surface area contributed by atoms with E-state index in [0.29, 0.717) is 23.9 Å². The minimum Gasteiger partial charge on any atom is -0.387 e. The second kappa shape index (κ2) is 5.00. The summed E-state index contributed by atoms with van der Waals surface area (Å²) in [5.41, 5.74) is 0.690. The molecule has 106 valence electrons. The third kappa shape index (κ3) is 2.34. The molecule has 0 bridgehead atoms. The number of aromatic nitrogens is 2. The second-order valence-corrected chi connectivity index (χ2v) is 5.65. The molecular weight excluding hydrogens is 254 g/mol. The van der Waals surface area contributed by atoms with Crippen LogP contribution in [0.2, 0.25) is 0 Å².